The van der Waals surface area contributed by atoms with E-state index in [0.717, 1.165) is 25.1 Å². The zero-order valence-electron chi connectivity index (χ0n) is 10.6. The summed E-state index contributed by atoms with van der Waals surface area (Å²) in [4.78, 5) is 12.6. The van der Waals surface area contributed by atoms with Crippen molar-refractivity contribution in [3.63, 3.8) is 0 Å². The van der Waals surface area contributed by atoms with Crippen LogP contribution in [0.1, 0.15) is 18.4 Å². The van der Waals surface area contributed by atoms with Crippen LogP contribution in [-0.4, -0.2) is 36.1 Å². The smallest absolute Gasteiger partial charge is 0.269 e. The fourth-order valence-electron chi connectivity index (χ4n) is 2.48. The minimum Gasteiger partial charge on any atom is -0.305 e. The molecule has 18 heavy (non-hydrogen) atoms. The lowest BCUT2D eigenvalue weighted by molar-refractivity contribution is -0.384. The topological polar surface area (TPSA) is 58.4 Å². The summed E-state index contributed by atoms with van der Waals surface area (Å²) in [7, 11) is 1.99. The first kappa shape index (κ1) is 13.0. The molecule has 5 nitrogen and oxygen atoms in total. The second-order valence-electron chi connectivity index (χ2n) is 4.66. The Kier molecular flexibility index (Phi) is 4.28. The normalized spacial score (nSPS) is 20.2. The second kappa shape index (κ2) is 5.93. The Morgan fingerprint density at radius 2 is 2.17 bits per heavy atom. The number of nitrogens with one attached hydrogen (secondary N) is 1. The van der Waals surface area contributed by atoms with Gasteiger partial charge in [-0.05, 0) is 38.4 Å². The maximum absolute atomic E-state index is 10.6. The first-order chi connectivity index (χ1) is 8.70. The van der Waals surface area contributed by atoms with Crippen molar-refractivity contribution in [2.75, 3.05) is 20.1 Å². The van der Waals surface area contributed by atoms with Crippen LogP contribution in [0.15, 0.2) is 24.3 Å². The molecule has 1 aromatic rings. The Balaban J connectivity index is 1.88. The SMILES string of the molecule is CNC1CCCN1CCc1ccc([N+](=O)[O-])cc1. The zero-order valence-corrected chi connectivity index (χ0v) is 10.6. The number of nitro benzene ring substituents is 1. The Bertz CT molecular complexity index is 405. The number of hydrogen-bond acceptors (Lipinski definition) is 4. The van der Waals surface area contributed by atoms with Crippen LogP contribution < -0.4 is 5.32 Å². The van der Waals surface area contributed by atoms with Crippen LogP contribution in [0.25, 0.3) is 0 Å². The Hall–Kier alpha value is -1.46. The van der Waals surface area contributed by atoms with Crippen molar-refractivity contribution < 1.29 is 4.92 Å². The molecule has 0 amide bonds. The molecule has 0 aromatic heterocycles. The van der Waals surface area contributed by atoms with E-state index in [1.807, 2.05) is 19.2 Å². The highest BCUT2D eigenvalue weighted by Gasteiger charge is 2.21. The lowest BCUT2D eigenvalue weighted by Gasteiger charge is -2.23. The quantitative estimate of drug-likeness (QED) is 0.638. The first-order valence-electron chi connectivity index (χ1n) is 6.35. The molecule has 1 aromatic carbocycles. The number of nitro groups is 1. The molecule has 2 rings (SSSR count). The molecular weight excluding hydrogens is 230 g/mol. The fourth-order valence-corrected chi connectivity index (χ4v) is 2.48. The molecule has 5 heteroatoms. The number of non-ortho nitro benzene ring substituents is 1. The molecule has 1 fully saturated rings. The maximum atomic E-state index is 10.6. The number of benzene rings is 1. The summed E-state index contributed by atoms with van der Waals surface area (Å²) in [6, 6.07) is 6.86. The molecule has 1 heterocycles. The van der Waals surface area contributed by atoms with Crippen LogP contribution >= 0.6 is 0 Å². The molecule has 1 aliphatic rings. The zero-order chi connectivity index (χ0) is 13.0. The number of rotatable bonds is 5. The minimum atomic E-state index is -0.360. The lowest BCUT2D eigenvalue weighted by Crippen LogP contribution is -2.40. The van der Waals surface area contributed by atoms with Crippen molar-refractivity contribution in [1.29, 1.82) is 0 Å². The van der Waals surface area contributed by atoms with Crippen LogP contribution in [0.3, 0.4) is 0 Å². The molecule has 0 radical (unpaired) electrons. The molecule has 0 bridgehead atoms. The predicted octanol–water partition coefficient (Wildman–Crippen LogP) is 1.78. The van der Waals surface area contributed by atoms with E-state index in [9.17, 15) is 10.1 Å². The van der Waals surface area contributed by atoms with E-state index in [2.05, 4.69) is 10.2 Å². The lowest BCUT2D eigenvalue weighted by atomic mass is 10.1. The molecule has 0 spiro atoms. The maximum Gasteiger partial charge on any atom is 0.269 e. The van der Waals surface area contributed by atoms with Crippen LogP contribution in [0.5, 0.6) is 0 Å². The average molecular weight is 249 g/mol. The number of likely N-dealkylation sites (tertiary alicyclic amines) is 1. The van der Waals surface area contributed by atoms with Crippen molar-refractivity contribution in [3.8, 4) is 0 Å². The van der Waals surface area contributed by atoms with E-state index in [-0.39, 0.29) is 10.6 Å². The molecule has 0 saturated carbocycles. The Morgan fingerprint density at radius 1 is 1.44 bits per heavy atom. The Morgan fingerprint density at radius 3 is 2.78 bits per heavy atom. The van der Waals surface area contributed by atoms with Crippen LogP contribution in [0.2, 0.25) is 0 Å². The van der Waals surface area contributed by atoms with Gasteiger partial charge in [0.15, 0.2) is 0 Å². The van der Waals surface area contributed by atoms with Gasteiger partial charge in [0.2, 0.25) is 0 Å². The van der Waals surface area contributed by atoms with Gasteiger partial charge in [-0.25, -0.2) is 0 Å². The van der Waals surface area contributed by atoms with Crippen LogP contribution in [-0.2, 0) is 6.42 Å². The largest absolute Gasteiger partial charge is 0.305 e. The highest BCUT2D eigenvalue weighted by molar-refractivity contribution is 5.32. The fraction of sp³-hybridized carbons (Fsp3) is 0.538. The first-order valence-corrected chi connectivity index (χ1v) is 6.35. The van der Waals surface area contributed by atoms with E-state index in [0.29, 0.717) is 6.17 Å². The van der Waals surface area contributed by atoms with Crippen molar-refractivity contribution >= 4 is 5.69 Å². The molecule has 98 valence electrons. The highest BCUT2D eigenvalue weighted by atomic mass is 16.6. The summed E-state index contributed by atoms with van der Waals surface area (Å²) < 4.78 is 0. The molecule has 1 atom stereocenters. The van der Waals surface area contributed by atoms with Crippen molar-refractivity contribution in [3.05, 3.63) is 39.9 Å². The van der Waals surface area contributed by atoms with E-state index in [1.54, 1.807) is 12.1 Å². The van der Waals surface area contributed by atoms with Crippen molar-refractivity contribution in [2.45, 2.75) is 25.4 Å². The molecule has 1 aliphatic heterocycles. The van der Waals surface area contributed by atoms with Crippen LogP contribution in [0.4, 0.5) is 5.69 Å². The third-order valence-electron chi connectivity index (χ3n) is 3.53. The van der Waals surface area contributed by atoms with E-state index >= 15 is 0 Å². The summed E-state index contributed by atoms with van der Waals surface area (Å²) in [6.07, 6.45) is 3.88. The van der Waals surface area contributed by atoms with E-state index in [4.69, 9.17) is 0 Å². The van der Waals surface area contributed by atoms with Gasteiger partial charge in [-0.3, -0.25) is 15.0 Å². The van der Waals surface area contributed by atoms with Gasteiger partial charge in [0.1, 0.15) is 0 Å². The second-order valence-corrected chi connectivity index (χ2v) is 4.66. The van der Waals surface area contributed by atoms with Gasteiger partial charge in [0.25, 0.3) is 5.69 Å². The Labute approximate surface area is 107 Å². The number of nitrogens with zero attached hydrogens (tertiary/aromatic N) is 2. The minimum absolute atomic E-state index is 0.160. The molecule has 0 aliphatic carbocycles. The highest BCUT2D eigenvalue weighted by Crippen LogP contribution is 2.16. The monoisotopic (exact) mass is 249 g/mol. The molecule has 1 unspecified atom stereocenters. The molecular formula is C13H19N3O2. The van der Waals surface area contributed by atoms with Crippen molar-refractivity contribution in [1.82, 2.24) is 10.2 Å². The van der Waals surface area contributed by atoms with Crippen LogP contribution in [0, 0.1) is 10.1 Å². The third-order valence-corrected chi connectivity index (χ3v) is 3.53. The molecule has 1 N–H and O–H groups in total. The van der Waals surface area contributed by atoms with Gasteiger partial charge >= 0.3 is 0 Å². The van der Waals surface area contributed by atoms with Gasteiger partial charge in [0.05, 0.1) is 11.1 Å². The van der Waals surface area contributed by atoms with Gasteiger partial charge in [-0.15, -0.1) is 0 Å². The standard InChI is InChI=1S/C13H19N3O2/c1-14-13-3-2-9-15(13)10-8-11-4-6-12(7-5-11)16(17)18/h4-7,13-14H,2-3,8-10H2,1H3. The van der Waals surface area contributed by atoms with E-state index in [1.165, 1.54) is 12.8 Å². The molecule has 1 saturated heterocycles. The van der Waals surface area contributed by atoms with Gasteiger partial charge in [0, 0.05) is 18.7 Å². The number of hydrogen-bond donors (Lipinski definition) is 1. The summed E-state index contributed by atoms with van der Waals surface area (Å²) in [5.41, 5.74) is 1.32. The van der Waals surface area contributed by atoms with Gasteiger partial charge in [-0.1, -0.05) is 12.1 Å². The summed E-state index contributed by atoms with van der Waals surface area (Å²) in [6.45, 7) is 2.14. The van der Waals surface area contributed by atoms with Crippen molar-refractivity contribution in [2.24, 2.45) is 0 Å². The average Bonchev–Trinajstić information content (AvgIpc) is 2.84. The summed E-state index contributed by atoms with van der Waals surface area (Å²) in [5.74, 6) is 0. The predicted molar refractivity (Wildman–Crippen MR) is 70.5 cm³/mol. The third kappa shape index (κ3) is 3.05. The summed E-state index contributed by atoms with van der Waals surface area (Å²) in [5, 5.41) is 13.9. The summed E-state index contributed by atoms with van der Waals surface area (Å²) >= 11 is 0. The van der Waals surface area contributed by atoms with Gasteiger partial charge in [-0.2, -0.15) is 0 Å². The van der Waals surface area contributed by atoms with E-state index < -0.39 is 0 Å². The van der Waals surface area contributed by atoms with Gasteiger partial charge < -0.3 is 5.32 Å².